The smallest absolute Gasteiger partial charge is 0.127 e. The molecular weight excluding hydrogens is 303 g/mol. The second-order valence-corrected chi connectivity index (χ2v) is 6.39. The molecule has 0 amide bonds. The van der Waals surface area contributed by atoms with Gasteiger partial charge in [-0.05, 0) is 36.8 Å². The largest absolute Gasteiger partial charge is 0.346 e. The molecule has 5 heteroatoms. The van der Waals surface area contributed by atoms with Crippen LogP contribution in [0.1, 0.15) is 24.1 Å². The van der Waals surface area contributed by atoms with Crippen LogP contribution in [0, 0.1) is 5.82 Å². The van der Waals surface area contributed by atoms with Crippen LogP contribution in [0.15, 0.2) is 47.7 Å². The van der Waals surface area contributed by atoms with Crippen LogP contribution in [0.4, 0.5) is 4.39 Å². The number of aryl methyl sites for hydroxylation is 1. The molecule has 0 spiro atoms. The Morgan fingerprint density at radius 3 is 3.00 bits per heavy atom. The van der Waals surface area contributed by atoms with Crippen molar-refractivity contribution in [2.45, 2.75) is 26.1 Å². The van der Waals surface area contributed by atoms with Gasteiger partial charge in [0, 0.05) is 50.0 Å². The van der Waals surface area contributed by atoms with Crippen LogP contribution in [0.2, 0.25) is 0 Å². The highest BCUT2D eigenvalue weighted by atomic mass is 19.1. The Labute approximate surface area is 140 Å². The standard InChI is InChI=1S/C19H21FN4/c1-13(22-18-5-3-4-7-23(18)2)17-12-24-8-6-21-11-14-9-15(20)10-16(17)19(14)24/h3-5,7,9-10,12-13,21H,6,8,11H2,1-2H3. The van der Waals surface area contributed by atoms with E-state index in [1.54, 1.807) is 12.1 Å². The van der Waals surface area contributed by atoms with Gasteiger partial charge in [0.1, 0.15) is 11.3 Å². The fraction of sp³-hybridized carbons (Fsp3) is 0.316. The van der Waals surface area contributed by atoms with Gasteiger partial charge in [-0.3, -0.25) is 4.99 Å². The molecule has 4 rings (SSSR count). The zero-order valence-electron chi connectivity index (χ0n) is 14.0. The van der Waals surface area contributed by atoms with E-state index in [2.05, 4.69) is 23.0 Å². The Morgan fingerprint density at radius 2 is 2.17 bits per heavy atom. The molecule has 0 radical (unpaired) electrons. The molecule has 1 atom stereocenters. The van der Waals surface area contributed by atoms with Crippen molar-refractivity contribution in [3.8, 4) is 0 Å². The maximum Gasteiger partial charge on any atom is 0.127 e. The highest BCUT2D eigenvalue weighted by molar-refractivity contribution is 5.87. The normalized spacial score (nSPS) is 16.4. The number of benzene rings is 1. The van der Waals surface area contributed by atoms with Crippen molar-refractivity contribution in [2.24, 2.45) is 12.0 Å². The lowest BCUT2D eigenvalue weighted by Gasteiger charge is -2.08. The quantitative estimate of drug-likeness (QED) is 0.773. The second kappa shape index (κ2) is 5.91. The molecular formula is C19H21FN4. The van der Waals surface area contributed by atoms with Gasteiger partial charge in [0.05, 0.1) is 11.6 Å². The van der Waals surface area contributed by atoms with Crippen LogP contribution in [-0.2, 0) is 20.1 Å². The number of nitrogens with zero attached hydrogens (tertiary/aromatic N) is 3. The average Bonchev–Trinajstić information content (AvgIpc) is 2.79. The summed E-state index contributed by atoms with van der Waals surface area (Å²) in [7, 11) is 1.98. The molecule has 1 unspecified atom stereocenters. The van der Waals surface area contributed by atoms with Gasteiger partial charge in [-0.2, -0.15) is 0 Å². The van der Waals surface area contributed by atoms with Crippen molar-refractivity contribution in [1.29, 1.82) is 0 Å². The number of hydrogen-bond donors (Lipinski definition) is 1. The average molecular weight is 324 g/mol. The van der Waals surface area contributed by atoms with Gasteiger partial charge in [-0.1, -0.05) is 6.07 Å². The predicted molar refractivity (Wildman–Crippen MR) is 93.0 cm³/mol. The monoisotopic (exact) mass is 324 g/mol. The highest BCUT2D eigenvalue weighted by Gasteiger charge is 2.19. The van der Waals surface area contributed by atoms with E-state index in [4.69, 9.17) is 4.99 Å². The lowest BCUT2D eigenvalue weighted by Crippen LogP contribution is -2.17. The first-order chi connectivity index (χ1) is 11.6. The summed E-state index contributed by atoms with van der Waals surface area (Å²) in [5.41, 5.74) is 4.15. The first-order valence-corrected chi connectivity index (χ1v) is 8.31. The zero-order chi connectivity index (χ0) is 16.7. The van der Waals surface area contributed by atoms with Gasteiger partial charge in [-0.15, -0.1) is 0 Å². The summed E-state index contributed by atoms with van der Waals surface area (Å²) < 4.78 is 18.3. The van der Waals surface area contributed by atoms with Gasteiger partial charge in [0.25, 0.3) is 0 Å². The van der Waals surface area contributed by atoms with Crippen molar-refractivity contribution >= 4 is 10.9 Å². The summed E-state index contributed by atoms with van der Waals surface area (Å²) in [6.45, 7) is 4.55. The molecule has 4 nitrogen and oxygen atoms in total. The van der Waals surface area contributed by atoms with Gasteiger partial charge < -0.3 is 14.5 Å². The third-order valence-corrected chi connectivity index (χ3v) is 4.70. The molecule has 0 saturated carbocycles. The minimum atomic E-state index is -0.183. The molecule has 0 aliphatic carbocycles. The number of pyridine rings is 1. The fourth-order valence-corrected chi connectivity index (χ4v) is 3.50. The Kier molecular flexibility index (Phi) is 3.73. The fourth-order valence-electron chi connectivity index (χ4n) is 3.50. The molecule has 1 N–H and O–H groups in total. The van der Waals surface area contributed by atoms with Crippen molar-refractivity contribution in [3.05, 3.63) is 65.2 Å². The van der Waals surface area contributed by atoms with Crippen LogP contribution in [0.3, 0.4) is 0 Å². The summed E-state index contributed by atoms with van der Waals surface area (Å²) in [5.74, 6) is -0.183. The second-order valence-electron chi connectivity index (χ2n) is 6.39. The predicted octanol–water partition coefficient (Wildman–Crippen LogP) is 2.88. The molecule has 3 aromatic rings. The van der Waals surface area contributed by atoms with E-state index in [9.17, 15) is 4.39 Å². The number of aromatic nitrogens is 2. The molecule has 0 saturated heterocycles. The van der Waals surface area contributed by atoms with Crippen LogP contribution in [0.25, 0.3) is 10.9 Å². The van der Waals surface area contributed by atoms with Crippen molar-refractivity contribution in [1.82, 2.24) is 14.5 Å². The Hall–Kier alpha value is -2.40. The number of rotatable bonds is 2. The molecule has 24 heavy (non-hydrogen) atoms. The topological polar surface area (TPSA) is 34.2 Å². The lowest BCUT2D eigenvalue weighted by atomic mass is 10.0. The first kappa shape index (κ1) is 15.1. The Bertz CT molecular complexity index is 967. The summed E-state index contributed by atoms with van der Waals surface area (Å²) in [5, 5.41) is 4.32. The van der Waals surface area contributed by atoms with Crippen LogP contribution >= 0.6 is 0 Å². The lowest BCUT2D eigenvalue weighted by molar-refractivity contribution is 0.617. The number of halogens is 1. The van der Waals surface area contributed by atoms with E-state index in [-0.39, 0.29) is 11.9 Å². The van der Waals surface area contributed by atoms with Crippen LogP contribution in [0.5, 0.6) is 0 Å². The Balaban J connectivity index is 1.90. The van der Waals surface area contributed by atoms with Crippen molar-refractivity contribution in [3.63, 3.8) is 0 Å². The zero-order valence-corrected chi connectivity index (χ0v) is 14.0. The summed E-state index contributed by atoms with van der Waals surface area (Å²) in [6, 6.07) is 9.21. The SMILES string of the molecule is CC(N=c1ccccn1C)c1cn2c3c(cc(F)cc13)CNCC2. The number of nitrogens with one attached hydrogen (secondary N) is 1. The minimum Gasteiger partial charge on any atom is -0.346 e. The Morgan fingerprint density at radius 1 is 1.29 bits per heavy atom. The van der Waals surface area contributed by atoms with Crippen molar-refractivity contribution in [2.75, 3.05) is 6.54 Å². The van der Waals surface area contributed by atoms with Gasteiger partial charge in [0.15, 0.2) is 0 Å². The summed E-state index contributed by atoms with van der Waals surface area (Å²) >= 11 is 0. The summed E-state index contributed by atoms with van der Waals surface area (Å²) in [4.78, 5) is 4.84. The molecule has 0 bridgehead atoms. The minimum absolute atomic E-state index is 0.0376. The molecule has 3 heterocycles. The third-order valence-electron chi connectivity index (χ3n) is 4.70. The molecule has 1 aliphatic rings. The van der Waals surface area contributed by atoms with Crippen LogP contribution < -0.4 is 10.8 Å². The van der Waals surface area contributed by atoms with Gasteiger partial charge in [0.2, 0.25) is 0 Å². The van der Waals surface area contributed by atoms with Crippen LogP contribution in [-0.4, -0.2) is 15.7 Å². The van der Waals surface area contributed by atoms with E-state index in [0.717, 1.165) is 40.6 Å². The van der Waals surface area contributed by atoms with E-state index < -0.39 is 0 Å². The van der Waals surface area contributed by atoms with E-state index in [1.165, 1.54) is 0 Å². The third kappa shape index (κ3) is 2.55. The summed E-state index contributed by atoms with van der Waals surface area (Å²) in [6.07, 6.45) is 4.12. The molecule has 1 aromatic carbocycles. The van der Waals surface area contributed by atoms with E-state index >= 15 is 0 Å². The molecule has 1 aliphatic heterocycles. The maximum absolute atomic E-state index is 14.1. The van der Waals surface area contributed by atoms with E-state index in [1.807, 2.05) is 36.0 Å². The maximum atomic E-state index is 14.1. The van der Waals surface area contributed by atoms with Gasteiger partial charge in [-0.25, -0.2) is 4.39 Å². The van der Waals surface area contributed by atoms with E-state index in [0.29, 0.717) is 6.54 Å². The molecule has 124 valence electrons. The molecule has 2 aromatic heterocycles. The van der Waals surface area contributed by atoms with Crippen molar-refractivity contribution < 1.29 is 4.39 Å². The number of hydrogen-bond acceptors (Lipinski definition) is 2. The first-order valence-electron chi connectivity index (χ1n) is 8.31. The van der Waals surface area contributed by atoms with Gasteiger partial charge >= 0.3 is 0 Å². The molecule has 0 fully saturated rings. The highest BCUT2D eigenvalue weighted by Crippen LogP contribution is 2.32.